The average molecular weight is 462 g/mol. The van der Waals surface area contributed by atoms with Crippen LogP contribution in [0.15, 0.2) is 83.5 Å². The molecule has 0 amide bonds. The van der Waals surface area contributed by atoms with Gasteiger partial charge in [-0.25, -0.2) is 4.99 Å². The molecule has 6 heteroatoms. The van der Waals surface area contributed by atoms with Crippen LogP contribution in [-0.4, -0.2) is 16.6 Å². The predicted molar refractivity (Wildman–Crippen MR) is 134 cm³/mol. The lowest BCUT2D eigenvalue weighted by Crippen LogP contribution is -1.98. The summed E-state index contributed by atoms with van der Waals surface area (Å²) in [7, 11) is 1.61. The minimum absolute atomic E-state index is 0.0424. The zero-order valence-electron chi connectivity index (χ0n) is 17.9. The van der Waals surface area contributed by atoms with Gasteiger partial charge in [-0.15, -0.1) is 0 Å². The van der Waals surface area contributed by atoms with E-state index in [4.69, 9.17) is 9.47 Å². The van der Waals surface area contributed by atoms with Crippen molar-refractivity contribution in [1.29, 1.82) is 0 Å². The Balaban J connectivity index is 1.44. The second-order valence-electron chi connectivity index (χ2n) is 7.26. The Kier molecular flexibility index (Phi) is 7.35. The lowest BCUT2D eigenvalue weighted by Gasteiger charge is -2.11. The Hall–Kier alpha value is -2.96. The second kappa shape index (κ2) is 10.6. The highest BCUT2D eigenvalue weighted by atomic mass is 32.2. The number of ether oxygens (including phenoxy) is 2. The van der Waals surface area contributed by atoms with Gasteiger partial charge in [0, 0.05) is 5.75 Å². The molecule has 0 atom stereocenters. The highest BCUT2D eigenvalue weighted by Gasteiger charge is 2.22. The molecule has 0 N–H and O–H groups in total. The molecule has 4 nitrogen and oxygen atoms in total. The van der Waals surface area contributed by atoms with Gasteiger partial charge in [0.25, 0.3) is 0 Å². The molecule has 0 radical (unpaired) electrons. The van der Waals surface area contributed by atoms with E-state index in [0.717, 1.165) is 21.3 Å². The van der Waals surface area contributed by atoms with Crippen molar-refractivity contribution in [1.82, 2.24) is 0 Å². The molecule has 0 unspecified atom stereocenters. The summed E-state index contributed by atoms with van der Waals surface area (Å²) in [4.78, 5) is 16.9. The van der Waals surface area contributed by atoms with Crippen LogP contribution < -0.4 is 9.47 Å². The van der Waals surface area contributed by atoms with Crippen molar-refractivity contribution in [3.05, 3.63) is 101 Å². The van der Waals surface area contributed by atoms with E-state index in [1.54, 1.807) is 24.9 Å². The summed E-state index contributed by atoms with van der Waals surface area (Å²) in [6.07, 6.45) is 1.79. The fraction of sp³-hybridized carbons (Fsp3) is 0.154. The summed E-state index contributed by atoms with van der Waals surface area (Å²) < 4.78 is 12.2. The van der Waals surface area contributed by atoms with E-state index in [9.17, 15) is 4.79 Å². The number of rotatable bonds is 7. The van der Waals surface area contributed by atoms with Crippen LogP contribution in [0.25, 0.3) is 6.08 Å². The van der Waals surface area contributed by atoms with Crippen LogP contribution in [0.2, 0.25) is 0 Å². The Labute approximate surface area is 196 Å². The van der Waals surface area contributed by atoms with Crippen molar-refractivity contribution in [3.63, 3.8) is 0 Å². The van der Waals surface area contributed by atoms with Gasteiger partial charge in [0.15, 0.2) is 11.5 Å². The van der Waals surface area contributed by atoms with Crippen molar-refractivity contribution in [3.8, 4) is 11.5 Å². The van der Waals surface area contributed by atoms with Crippen molar-refractivity contribution in [2.75, 3.05) is 7.11 Å². The van der Waals surface area contributed by atoms with Crippen molar-refractivity contribution < 1.29 is 14.3 Å². The normalized spacial score (nSPS) is 14.5. The van der Waals surface area contributed by atoms with Gasteiger partial charge in [0.1, 0.15) is 16.7 Å². The molecule has 4 rings (SSSR count). The van der Waals surface area contributed by atoms with E-state index in [0.29, 0.717) is 23.8 Å². The summed E-state index contributed by atoms with van der Waals surface area (Å²) in [6, 6.07) is 24.0. The molecule has 3 aromatic carbocycles. The van der Waals surface area contributed by atoms with Gasteiger partial charge in [0.05, 0.1) is 7.11 Å². The maximum atomic E-state index is 12.4. The highest BCUT2D eigenvalue weighted by Crippen LogP contribution is 2.34. The summed E-state index contributed by atoms with van der Waals surface area (Å²) >= 11 is 2.76. The molecule has 1 heterocycles. The molecule has 1 aliphatic heterocycles. The van der Waals surface area contributed by atoms with Gasteiger partial charge in [0.2, 0.25) is 5.12 Å². The van der Waals surface area contributed by atoms with Crippen LogP contribution in [0.3, 0.4) is 0 Å². The van der Waals surface area contributed by atoms with Crippen LogP contribution in [0.4, 0.5) is 0 Å². The quantitative estimate of drug-likeness (QED) is 0.377. The number of aryl methyl sites for hydroxylation is 1. The van der Waals surface area contributed by atoms with E-state index in [-0.39, 0.29) is 5.12 Å². The molecule has 3 aromatic rings. The molecular formula is C26H23NO3S2. The van der Waals surface area contributed by atoms with Crippen LogP contribution in [0.1, 0.15) is 22.3 Å². The van der Waals surface area contributed by atoms with Crippen LogP contribution in [0.5, 0.6) is 11.5 Å². The monoisotopic (exact) mass is 461 g/mol. The number of nitrogens with zero attached hydrogens (tertiary/aromatic N) is 1. The zero-order valence-corrected chi connectivity index (χ0v) is 19.5. The third-order valence-electron chi connectivity index (χ3n) is 4.81. The topological polar surface area (TPSA) is 47.9 Å². The molecule has 32 heavy (non-hydrogen) atoms. The van der Waals surface area contributed by atoms with E-state index in [1.807, 2.05) is 36.4 Å². The van der Waals surface area contributed by atoms with Gasteiger partial charge in [-0.3, -0.25) is 4.79 Å². The maximum absolute atomic E-state index is 12.4. The minimum atomic E-state index is -0.0424. The first-order valence-corrected chi connectivity index (χ1v) is 12.0. The predicted octanol–water partition coefficient (Wildman–Crippen LogP) is 6.49. The zero-order chi connectivity index (χ0) is 22.3. The van der Waals surface area contributed by atoms with Crippen molar-refractivity contribution >= 4 is 39.1 Å². The number of carbonyl (C=O) groups excluding carboxylic acids is 1. The number of aliphatic imine (C=N–C) groups is 1. The van der Waals surface area contributed by atoms with E-state index in [2.05, 4.69) is 48.3 Å². The Morgan fingerprint density at radius 3 is 2.50 bits per heavy atom. The van der Waals surface area contributed by atoms with Crippen LogP contribution in [-0.2, 0) is 17.2 Å². The number of thioether (sulfide) groups is 2. The van der Waals surface area contributed by atoms with Crippen LogP contribution >= 0.6 is 23.5 Å². The Bertz CT molecular complexity index is 1160. The summed E-state index contributed by atoms with van der Waals surface area (Å²) in [5.41, 5.74) is 4.80. The number of hydrogen-bond acceptors (Lipinski definition) is 6. The maximum Gasteiger partial charge on any atom is 0.244 e. The summed E-state index contributed by atoms with van der Waals surface area (Å²) in [6.45, 7) is 2.52. The lowest BCUT2D eigenvalue weighted by molar-refractivity contribution is -0.107. The van der Waals surface area contributed by atoms with E-state index >= 15 is 0 Å². The standard InChI is InChI=1S/C26H23NO3S2/c1-18-8-10-19(11-9-18)16-30-23-13-12-21(15-24(23)29-2)14-22-25(28)32-26(27-22)31-17-20-6-4-3-5-7-20/h3-15H,16-17H2,1-2H3/b22-14-. The molecule has 0 aromatic heterocycles. The molecule has 0 saturated carbocycles. The first-order valence-electron chi connectivity index (χ1n) is 10.2. The molecule has 1 aliphatic rings. The third kappa shape index (κ3) is 5.84. The number of hydrogen-bond donors (Lipinski definition) is 0. The molecule has 0 bridgehead atoms. The second-order valence-corrected chi connectivity index (χ2v) is 9.44. The molecule has 0 fully saturated rings. The van der Waals surface area contributed by atoms with E-state index in [1.165, 1.54) is 22.9 Å². The molecule has 162 valence electrons. The highest BCUT2D eigenvalue weighted by molar-refractivity contribution is 8.45. The summed E-state index contributed by atoms with van der Waals surface area (Å²) in [5, 5.41) is -0.0424. The summed E-state index contributed by atoms with van der Waals surface area (Å²) in [5.74, 6) is 2.06. The molecule has 0 saturated heterocycles. The smallest absolute Gasteiger partial charge is 0.244 e. The van der Waals surface area contributed by atoms with Crippen LogP contribution in [0, 0.1) is 6.92 Å². The first-order chi connectivity index (χ1) is 15.6. The third-order valence-corrected chi connectivity index (χ3v) is 6.89. The van der Waals surface area contributed by atoms with Crippen molar-refractivity contribution in [2.24, 2.45) is 4.99 Å². The fourth-order valence-electron chi connectivity index (χ4n) is 3.07. The minimum Gasteiger partial charge on any atom is -0.493 e. The SMILES string of the molecule is COc1cc(/C=C2\N=C(SCc3ccccc3)SC2=O)ccc1OCc1ccc(C)cc1. The molecular weight excluding hydrogens is 438 g/mol. The van der Waals surface area contributed by atoms with Gasteiger partial charge >= 0.3 is 0 Å². The number of carbonyl (C=O) groups is 1. The van der Waals surface area contributed by atoms with Gasteiger partial charge in [-0.2, -0.15) is 0 Å². The fourth-order valence-corrected chi connectivity index (χ4v) is 4.86. The molecule has 0 aliphatic carbocycles. The first kappa shape index (κ1) is 22.2. The van der Waals surface area contributed by atoms with Gasteiger partial charge < -0.3 is 9.47 Å². The Morgan fingerprint density at radius 1 is 0.969 bits per heavy atom. The largest absolute Gasteiger partial charge is 0.493 e. The number of benzene rings is 3. The average Bonchev–Trinajstić information content (AvgIpc) is 3.17. The number of methoxy groups -OCH3 is 1. The lowest BCUT2D eigenvalue weighted by atomic mass is 10.1. The Morgan fingerprint density at radius 2 is 1.75 bits per heavy atom. The van der Waals surface area contributed by atoms with Gasteiger partial charge in [-0.05, 0) is 53.6 Å². The van der Waals surface area contributed by atoms with Crippen molar-refractivity contribution in [2.45, 2.75) is 19.3 Å². The van der Waals surface area contributed by atoms with E-state index < -0.39 is 0 Å². The van der Waals surface area contributed by atoms with Gasteiger partial charge in [-0.1, -0.05) is 78.0 Å². The molecule has 0 spiro atoms.